The second kappa shape index (κ2) is 6.63. The Morgan fingerprint density at radius 3 is 2.46 bits per heavy atom. The van der Waals surface area contributed by atoms with Crippen LogP contribution in [0.5, 0.6) is 0 Å². The lowest BCUT2D eigenvalue weighted by Gasteiger charge is -2.03. The Hall–Kier alpha value is -0.860. The third kappa shape index (κ3) is 4.65. The molecule has 0 aliphatic heterocycles. The van der Waals surface area contributed by atoms with Gasteiger partial charge in [-0.05, 0) is 25.6 Å². The van der Waals surface area contributed by atoms with Gasteiger partial charge in [-0.3, -0.25) is 0 Å². The van der Waals surface area contributed by atoms with Crippen molar-refractivity contribution in [2.24, 2.45) is 0 Å². The maximum atomic E-state index is 3.37. The van der Waals surface area contributed by atoms with Gasteiger partial charge in [-0.1, -0.05) is 30.3 Å². The van der Waals surface area contributed by atoms with Gasteiger partial charge in [0.05, 0.1) is 0 Å². The second-order valence-electron chi connectivity index (χ2n) is 3.09. The van der Waals surface area contributed by atoms with Crippen LogP contribution in [0.4, 0.5) is 0 Å². The maximum absolute atomic E-state index is 3.37. The van der Waals surface area contributed by atoms with Gasteiger partial charge >= 0.3 is 0 Å². The van der Waals surface area contributed by atoms with E-state index in [1.54, 1.807) is 0 Å². The van der Waals surface area contributed by atoms with Crippen LogP contribution in [0.2, 0.25) is 0 Å². The van der Waals surface area contributed by atoms with Gasteiger partial charge in [0, 0.05) is 13.1 Å². The van der Waals surface area contributed by atoms with Crippen molar-refractivity contribution in [3.63, 3.8) is 0 Å². The van der Waals surface area contributed by atoms with Gasteiger partial charge in [0.15, 0.2) is 0 Å². The lowest BCUT2D eigenvalue weighted by molar-refractivity contribution is 0.649. The van der Waals surface area contributed by atoms with Crippen molar-refractivity contribution in [3.8, 4) is 0 Å². The van der Waals surface area contributed by atoms with Crippen LogP contribution in [0.15, 0.2) is 30.3 Å². The Morgan fingerprint density at radius 2 is 1.77 bits per heavy atom. The smallest absolute Gasteiger partial charge is 0.00767 e. The lowest BCUT2D eigenvalue weighted by Crippen LogP contribution is -2.26. The van der Waals surface area contributed by atoms with E-state index in [1.807, 2.05) is 7.05 Å². The summed E-state index contributed by atoms with van der Waals surface area (Å²) in [6.07, 6.45) is 1.12. The zero-order valence-corrected chi connectivity index (χ0v) is 8.22. The fourth-order valence-corrected chi connectivity index (χ4v) is 1.22. The van der Waals surface area contributed by atoms with Crippen LogP contribution in [-0.2, 0) is 6.42 Å². The Labute approximate surface area is 80.4 Å². The van der Waals surface area contributed by atoms with Crippen LogP contribution in [0.25, 0.3) is 0 Å². The normalized spacial score (nSPS) is 10.2. The van der Waals surface area contributed by atoms with Gasteiger partial charge in [0.2, 0.25) is 0 Å². The molecule has 0 aliphatic carbocycles. The number of hydrogen-bond donors (Lipinski definition) is 2. The number of benzene rings is 1. The molecule has 0 atom stereocenters. The Morgan fingerprint density at radius 1 is 1.00 bits per heavy atom. The summed E-state index contributed by atoms with van der Waals surface area (Å²) in [4.78, 5) is 0. The van der Waals surface area contributed by atoms with Crippen LogP contribution in [0.1, 0.15) is 5.56 Å². The topological polar surface area (TPSA) is 24.1 Å². The molecule has 0 heterocycles. The van der Waals surface area contributed by atoms with Crippen LogP contribution < -0.4 is 10.6 Å². The summed E-state index contributed by atoms with van der Waals surface area (Å²) in [5, 5.41) is 6.48. The van der Waals surface area contributed by atoms with Gasteiger partial charge in [-0.2, -0.15) is 0 Å². The van der Waals surface area contributed by atoms with E-state index in [0.29, 0.717) is 0 Å². The summed E-state index contributed by atoms with van der Waals surface area (Å²) < 4.78 is 0. The highest BCUT2D eigenvalue weighted by Crippen LogP contribution is 1.97. The molecule has 0 spiro atoms. The number of hydrogen-bond acceptors (Lipinski definition) is 2. The van der Waals surface area contributed by atoms with Crippen molar-refractivity contribution in [2.75, 3.05) is 26.7 Å². The standard InChI is InChI=1S/C11H18N2/c1-12-9-10-13-8-7-11-5-3-2-4-6-11/h2-6,12-13H,7-10H2,1H3. The van der Waals surface area contributed by atoms with Crippen LogP contribution >= 0.6 is 0 Å². The molecule has 2 nitrogen and oxygen atoms in total. The molecule has 2 N–H and O–H groups in total. The zero-order valence-electron chi connectivity index (χ0n) is 8.22. The third-order valence-corrected chi connectivity index (χ3v) is 1.99. The molecule has 0 saturated heterocycles. The van der Waals surface area contributed by atoms with Crippen molar-refractivity contribution >= 4 is 0 Å². The molecule has 0 amide bonds. The van der Waals surface area contributed by atoms with E-state index in [0.717, 1.165) is 26.1 Å². The molecular weight excluding hydrogens is 160 g/mol. The fourth-order valence-electron chi connectivity index (χ4n) is 1.22. The van der Waals surface area contributed by atoms with E-state index >= 15 is 0 Å². The monoisotopic (exact) mass is 178 g/mol. The summed E-state index contributed by atoms with van der Waals surface area (Å²) in [6.45, 7) is 3.14. The quantitative estimate of drug-likeness (QED) is 0.636. The molecule has 1 aromatic rings. The second-order valence-corrected chi connectivity index (χ2v) is 3.09. The SMILES string of the molecule is CNCCNCCc1ccccc1. The first-order chi connectivity index (χ1) is 6.43. The maximum Gasteiger partial charge on any atom is 0.00767 e. The molecule has 0 saturated carbocycles. The van der Waals surface area contributed by atoms with Crippen molar-refractivity contribution in [3.05, 3.63) is 35.9 Å². The van der Waals surface area contributed by atoms with Crippen molar-refractivity contribution in [1.29, 1.82) is 0 Å². The predicted molar refractivity (Wildman–Crippen MR) is 56.9 cm³/mol. The zero-order chi connectivity index (χ0) is 9.36. The van der Waals surface area contributed by atoms with Gasteiger partial charge in [-0.25, -0.2) is 0 Å². The molecule has 1 aromatic carbocycles. The van der Waals surface area contributed by atoms with Crippen LogP contribution in [0, 0.1) is 0 Å². The van der Waals surface area contributed by atoms with E-state index in [4.69, 9.17) is 0 Å². The minimum Gasteiger partial charge on any atom is -0.318 e. The Kier molecular flexibility index (Phi) is 5.22. The first-order valence-electron chi connectivity index (χ1n) is 4.82. The van der Waals surface area contributed by atoms with Crippen molar-refractivity contribution < 1.29 is 0 Å². The third-order valence-electron chi connectivity index (χ3n) is 1.99. The van der Waals surface area contributed by atoms with E-state index < -0.39 is 0 Å². The molecule has 13 heavy (non-hydrogen) atoms. The molecule has 72 valence electrons. The molecule has 0 fully saturated rings. The van der Waals surface area contributed by atoms with E-state index in [2.05, 4.69) is 41.0 Å². The highest BCUT2D eigenvalue weighted by molar-refractivity contribution is 5.14. The van der Waals surface area contributed by atoms with Crippen LogP contribution in [-0.4, -0.2) is 26.7 Å². The van der Waals surface area contributed by atoms with Crippen molar-refractivity contribution in [2.45, 2.75) is 6.42 Å². The van der Waals surface area contributed by atoms with Gasteiger partial charge in [-0.15, -0.1) is 0 Å². The molecule has 2 heteroatoms. The number of rotatable bonds is 6. The molecule has 0 aliphatic rings. The minimum absolute atomic E-state index is 1.04. The average molecular weight is 178 g/mol. The van der Waals surface area contributed by atoms with Gasteiger partial charge in [0.25, 0.3) is 0 Å². The molecular formula is C11H18N2. The van der Waals surface area contributed by atoms with Crippen LogP contribution in [0.3, 0.4) is 0 Å². The first kappa shape index (κ1) is 10.2. The molecule has 0 bridgehead atoms. The number of likely N-dealkylation sites (N-methyl/N-ethyl adjacent to an activating group) is 1. The summed E-state index contributed by atoms with van der Waals surface area (Å²) in [6, 6.07) is 10.6. The largest absolute Gasteiger partial charge is 0.318 e. The molecule has 0 unspecified atom stereocenters. The summed E-state index contributed by atoms with van der Waals surface area (Å²) in [5.74, 6) is 0. The summed E-state index contributed by atoms with van der Waals surface area (Å²) in [5.41, 5.74) is 1.40. The minimum atomic E-state index is 1.04. The average Bonchev–Trinajstić information content (AvgIpc) is 2.19. The number of nitrogens with one attached hydrogen (secondary N) is 2. The highest BCUT2D eigenvalue weighted by atomic mass is 14.9. The summed E-state index contributed by atoms with van der Waals surface area (Å²) in [7, 11) is 1.97. The highest BCUT2D eigenvalue weighted by Gasteiger charge is 1.89. The molecule has 0 aromatic heterocycles. The lowest BCUT2D eigenvalue weighted by atomic mass is 10.1. The molecule has 1 rings (SSSR count). The van der Waals surface area contributed by atoms with Gasteiger partial charge < -0.3 is 10.6 Å². The Bertz CT molecular complexity index is 209. The Balaban J connectivity index is 2.07. The van der Waals surface area contributed by atoms with E-state index in [-0.39, 0.29) is 0 Å². The van der Waals surface area contributed by atoms with E-state index in [9.17, 15) is 0 Å². The predicted octanol–water partition coefficient (Wildman–Crippen LogP) is 1.04. The van der Waals surface area contributed by atoms with Crippen molar-refractivity contribution in [1.82, 2.24) is 10.6 Å². The first-order valence-corrected chi connectivity index (χ1v) is 4.82. The van der Waals surface area contributed by atoms with Gasteiger partial charge in [0.1, 0.15) is 0 Å². The van der Waals surface area contributed by atoms with E-state index in [1.165, 1.54) is 5.56 Å². The molecule has 0 radical (unpaired) electrons. The fraction of sp³-hybridized carbons (Fsp3) is 0.455. The summed E-state index contributed by atoms with van der Waals surface area (Å²) >= 11 is 0.